The van der Waals surface area contributed by atoms with Crippen LogP contribution in [-0.2, 0) is 9.59 Å². The minimum atomic E-state index is -4.57. The zero-order valence-electron chi connectivity index (χ0n) is 10.9. The van der Waals surface area contributed by atoms with Crippen LogP contribution in [0.15, 0.2) is 0 Å². The fraction of sp³-hybridized carbons (Fsp3) is 0.727. The van der Waals surface area contributed by atoms with E-state index in [0.29, 0.717) is 22.6 Å². The monoisotopic (exact) mass is 309 g/mol. The Morgan fingerprint density at radius 3 is 2.48 bits per heavy atom. The molecule has 1 saturated carbocycles. The van der Waals surface area contributed by atoms with Crippen LogP contribution in [0.4, 0.5) is 18.0 Å². The van der Waals surface area contributed by atoms with Gasteiger partial charge in [-0.2, -0.15) is 13.2 Å². The molecular formula is C11H14F3N3O4. The average molecular weight is 309 g/mol. The topological polar surface area (TPSA) is 90.0 Å². The first-order chi connectivity index (χ1) is 9.69. The lowest BCUT2D eigenvalue weighted by Crippen LogP contribution is -2.62. The number of alkyl halides is 3. The summed E-state index contributed by atoms with van der Waals surface area (Å²) in [5.74, 6) is -1.96. The van der Waals surface area contributed by atoms with Gasteiger partial charge in [-0.25, -0.2) is 9.59 Å². The van der Waals surface area contributed by atoms with Crippen LogP contribution in [0.2, 0.25) is 0 Å². The number of carbonyl (C=O) groups excluding carboxylic acids is 2. The van der Waals surface area contributed by atoms with E-state index in [1.165, 1.54) is 0 Å². The number of hydrogen-bond donors (Lipinski definition) is 2. The summed E-state index contributed by atoms with van der Waals surface area (Å²) in [6.07, 6.45) is -3.69. The van der Waals surface area contributed by atoms with Gasteiger partial charge in [-0.3, -0.25) is 9.69 Å². The van der Waals surface area contributed by atoms with Crippen LogP contribution >= 0.6 is 0 Å². The molecule has 2 rings (SSSR count). The van der Waals surface area contributed by atoms with Gasteiger partial charge in [-0.15, -0.1) is 0 Å². The summed E-state index contributed by atoms with van der Waals surface area (Å²) < 4.78 is 37.6. The van der Waals surface area contributed by atoms with Gasteiger partial charge in [0.15, 0.2) is 0 Å². The Balaban J connectivity index is 2.17. The molecule has 1 saturated heterocycles. The molecular weight excluding hydrogens is 295 g/mol. The van der Waals surface area contributed by atoms with Gasteiger partial charge < -0.3 is 15.3 Å². The Hall–Kier alpha value is -2.00. The lowest BCUT2D eigenvalue weighted by molar-refractivity contribution is -0.147. The number of carbonyl (C=O) groups is 3. The van der Waals surface area contributed by atoms with E-state index in [-0.39, 0.29) is 6.54 Å². The van der Waals surface area contributed by atoms with E-state index in [4.69, 9.17) is 5.11 Å². The second-order valence-electron chi connectivity index (χ2n) is 5.04. The number of aliphatic carboxylic acids is 1. The third-order valence-electron chi connectivity index (χ3n) is 3.30. The van der Waals surface area contributed by atoms with Crippen molar-refractivity contribution in [3.8, 4) is 0 Å². The van der Waals surface area contributed by atoms with Gasteiger partial charge in [0.05, 0.1) is 0 Å². The van der Waals surface area contributed by atoms with Crippen LogP contribution in [0.3, 0.4) is 0 Å². The van der Waals surface area contributed by atoms with Gasteiger partial charge in [0, 0.05) is 12.6 Å². The van der Waals surface area contributed by atoms with Crippen LogP contribution in [-0.4, -0.2) is 70.7 Å². The number of hydrogen-bond acceptors (Lipinski definition) is 3. The molecule has 1 heterocycles. The number of piperazine rings is 1. The number of amides is 3. The predicted molar refractivity (Wildman–Crippen MR) is 62.3 cm³/mol. The summed E-state index contributed by atoms with van der Waals surface area (Å²) in [4.78, 5) is 35.9. The fourth-order valence-corrected chi connectivity index (χ4v) is 2.16. The first-order valence-corrected chi connectivity index (χ1v) is 6.32. The Bertz CT molecular complexity index is 464. The van der Waals surface area contributed by atoms with Crippen molar-refractivity contribution >= 4 is 17.9 Å². The molecule has 2 aliphatic rings. The molecule has 0 bridgehead atoms. The van der Waals surface area contributed by atoms with Gasteiger partial charge in [-0.1, -0.05) is 0 Å². The molecule has 2 fully saturated rings. The van der Waals surface area contributed by atoms with Crippen molar-refractivity contribution in [2.45, 2.75) is 31.1 Å². The largest absolute Gasteiger partial charge is 0.480 e. The summed E-state index contributed by atoms with van der Waals surface area (Å²) in [7, 11) is 0. The molecule has 0 aromatic heterocycles. The van der Waals surface area contributed by atoms with Crippen LogP contribution in [0.1, 0.15) is 12.8 Å². The summed E-state index contributed by atoms with van der Waals surface area (Å²) in [5.41, 5.74) is 0. The summed E-state index contributed by atoms with van der Waals surface area (Å²) in [6, 6.07) is -2.96. The van der Waals surface area contributed by atoms with Crippen molar-refractivity contribution in [1.82, 2.24) is 15.1 Å². The second-order valence-corrected chi connectivity index (χ2v) is 5.04. The highest BCUT2D eigenvalue weighted by atomic mass is 19.4. The number of urea groups is 1. The normalized spacial score (nSPS) is 22.7. The van der Waals surface area contributed by atoms with E-state index in [1.54, 1.807) is 0 Å². The van der Waals surface area contributed by atoms with Crippen LogP contribution in [0.5, 0.6) is 0 Å². The molecule has 2 N–H and O–H groups in total. The third-order valence-corrected chi connectivity index (χ3v) is 3.30. The Morgan fingerprint density at radius 2 is 2.00 bits per heavy atom. The van der Waals surface area contributed by atoms with Crippen molar-refractivity contribution in [1.29, 1.82) is 0 Å². The molecule has 1 aliphatic heterocycles. The molecule has 1 unspecified atom stereocenters. The maximum absolute atomic E-state index is 12.5. The zero-order valence-corrected chi connectivity index (χ0v) is 10.9. The highest BCUT2D eigenvalue weighted by Gasteiger charge is 2.45. The minimum Gasteiger partial charge on any atom is -0.480 e. The van der Waals surface area contributed by atoms with Crippen molar-refractivity contribution in [3.63, 3.8) is 0 Å². The lowest BCUT2D eigenvalue weighted by Gasteiger charge is -2.37. The SMILES string of the molecule is O=C1CN(C(=O)N(CC(F)(F)F)C2CC2)C(C(=O)O)CN1. The predicted octanol–water partition coefficient (Wildman–Crippen LogP) is 0.0181. The number of nitrogens with zero attached hydrogens (tertiary/aromatic N) is 2. The van der Waals surface area contributed by atoms with Crippen LogP contribution < -0.4 is 5.32 Å². The molecule has 21 heavy (non-hydrogen) atoms. The van der Waals surface area contributed by atoms with Crippen LogP contribution in [0, 0.1) is 0 Å². The second kappa shape index (κ2) is 5.41. The van der Waals surface area contributed by atoms with E-state index in [2.05, 4.69) is 5.32 Å². The molecule has 3 amide bonds. The molecule has 0 aromatic carbocycles. The quantitative estimate of drug-likeness (QED) is 0.769. The maximum Gasteiger partial charge on any atom is 0.406 e. The van der Waals surface area contributed by atoms with Gasteiger partial charge in [-0.05, 0) is 12.8 Å². The molecule has 10 heteroatoms. The van der Waals surface area contributed by atoms with Crippen molar-refractivity contribution in [3.05, 3.63) is 0 Å². The van der Waals surface area contributed by atoms with E-state index in [9.17, 15) is 27.6 Å². The minimum absolute atomic E-state index is 0.315. The molecule has 0 radical (unpaired) electrons. The number of nitrogens with one attached hydrogen (secondary N) is 1. The molecule has 0 spiro atoms. The number of carboxylic acid groups (broad SMARTS) is 1. The molecule has 1 atom stereocenters. The molecule has 0 aromatic rings. The first kappa shape index (κ1) is 15.4. The maximum atomic E-state index is 12.5. The van der Waals surface area contributed by atoms with Crippen LogP contribution in [0.25, 0.3) is 0 Å². The smallest absolute Gasteiger partial charge is 0.406 e. The number of halogens is 3. The Morgan fingerprint density at radius 1 is 1.38 bits per heavy atom. The van der Waals surface area contributed by atoms with Crippen molar-refractivity contribution in [2.75, 3.05) is 19.6 Å². The van der Waals surface area contributed by atoms with Gasteiger partial charge in [0.2, 0.25) is 5.91 Å². The first-order valence-electron chi connectivity index (χ1n) is 6.32. The van der Waals surface area contributed by atoms with E-state index in [1.807, 2.05) is 0 Å². The summed E-state index contributed by atoms with van der Waals surface area (Å²) in [5, 5.41) is 11.3. The summed E-state index contributed by atoms with van der Waals surface area (Å²) in [6.45, 7) is -2.32. The van der Waals surface area contributed by atoms with E-state index >= 15 is 0 Å². The molecule has 1 aliphatic carbocycles. The third kappa shape index (κ3) is 3.76. The zero-order chi connectivity index (χ0) is 15.8. The van der Waals surface area contributed by atoms with E-state index in [0.717, 1.165) is 0 Å². The highest BCUT2D eigenvalue weighted by Crippen LogP contribution is 2.31. The number of carboxylic acids is 1. The summed E-state index contributed by atoms with van der Waals surface area (Å²) >= 11 is 0. The molecule has 7 nitrogen and oxygen atoms in total. The van der Waals surface area contributed by atoms with Gasteiger partial charge in [0.1, 0.15) is 19.1 Å². The van der Waals surface area contributed by atoms with Gasteiger partial charge >= 0.3 is 18.2 Å². The average Bonchev–Trinajstić information content (AvgIpc) is 3.17. The lowest BCUT2D eigenvalue weighted by atomic mass is 10.2. The number of rotatable bonds is 3. The van der Waals surface area contributed by atoms with Gasteiger partial charge in [0.25, 0.3) is 0 Å². The Kier molecular flexibility index (Phi) is 3.97. The van der Waals surface area contributed by atoms with E-state index < -0.39 is 49.3 Å². The Labute approximate surface area is 117 Å². The standard InChI is InChI=1S/C11H14F3N3O4/c12-11(13,14)5-17(6-1-2-6)10(21)16-4-8(18)15-3-7(16)9(19)20/h6-7H,1-5H2,(H,15,18)(H,19,20). The van der Waals surface area contributed by atoms with Crippen molar-refractivity contribution in [2.24, 2.45) is 0 Å². The highest BCUT2D eigenvalue weighted by molar-refractivity contribution is 5.90. The fourth-order valence-electron chi connectivity index (χ4n) is 2.16. The van der Waals surface area contributed by atoms with Crippen molar-refractivity contribution < 1.29 is 32.7 Å². The molecule has 118 valence electrons.